The van der Waals surface area contributed by atoms with Gasteiger partial charge in [0.25, 0.3) is 0 Å². The molecule has 23 heavy (non-hydrogen) atoms. The van der Waals surface area contributed by atoms with Crippen molar-refractivity contribution in [1.82, 2.24) is 24.3 Å². The van der Waals surface area contributed by atoms with Gasteiger partial charge in [-0.1, -0.05) is 6.07 Å². The fourth-order valence-electron chi connectivity index (χ4n) is 2.36. The number of aromatic nitrogens is 5. The quantitative estimate of drug-likeness (QED) is 0.629. The molecular formula is C17H14N6. The molecule has 0 fully saturated rings. The fraction of sp³-hybridized carbons (Fsp3) is 0.0588. The number of aryl methyl sites for hydroxylation is 1. The fourth-order valence-corrected chi connectivity index (χ4v) is 2.36. The predicted molar refractivity (Wildman–Crippen MR) is 88.5 cm³/mol. The number of imidazole rings is 1. The van der Waals surface area contributed by atoms with Crippen LogP contribution in [-0.4, -0.2) is 24.3 Å². The average molecular weight is 302 g/mol. The van der Waals surface area contributed by atoms with Gasteiger partial charge in [0, 0.05) is 36.2 Å². The second-order valence-corrected chi connectivity index (χ2v) is 5.17. The summed E-state index contributed by atoms with van der Waals surface area (Å²) in [5.41, 5.74) is 3.54. The average Bonchev–Trinajstić information content (AvgIpc) is 3.03. The third kappa shape index (κ3) is 2.74. The Hall–Kier alpha value is -3.28. The van der Waals surface area contributed by atoms with Crippen LogP contribution in [0.3, 0.4) is 0 Å². The predicted octanol–water partition coefficient (Wildman–Crippen LogP) is 3.24. The molecule has 0 spiro atoms. The van der Waals surface area contributed by atoms with Gasteiger partial charge < -0.3 is 5.32 Å². The number of fused-ring (bicyclic) bond motifs is 1. The zero-order valence-corrected chi connectivity index (χ0v) is 12.5. The largest absolute Gasteiger partial charge is 0.340 e. The molecule has 0 unspecified atom stereocenters. The number of rotatable bonds is 3. The van der Waals surface area contributed by atoms with E-state index >= 15 is 0 Å². The first-order valence-corrected chi connectivity index (χ1v) is 7.25. The van der Waals surface area contributed by atoms with E-state index in [9.17, 15) is 0 Å². The van der Waals surface area contributed by atoms with E-state index in [1.54, 1.807) is 12.4 Å². The summed E-state index contributed by atoms with van der Waals surface area (Å²) in [6, 6.07) is 11.7. The van der Waals surface area contributed by atoms with Gasteiger partial charge in [-0.05, 0) is 37.3 Å². The third-order valence-electron chi connectivity index (χ3n) is 3.44. The van der Waals surface area contributed by atoms with Crippen molar-refractivity contribution < 1.29 is 0 Å². The van der Waals surface area contributed by atoms with Crippen molar-refractivity contribution in [1.29, 1.82) is 0 Å². The standard InChI is InChI=1S/C17H14N6/c1-12-3-2-4-14(20-12)15-11-13(5-7-18-15)21-16-6-9-23-10-8-19-17(23)22-16/h2-11H,1H3,(H,18,19,21,22). The van der Waals surface area contributed by atoms with Crippen LogP contribution in [0.2, 0.25) is 0 Å². The first-order valence-electron chi connectivity index (χ1n) is 7.25. The molecule has 0 bridgehead atoms. The van der Waals surface area contributed by atoms with Gasteiger partial charge in [0.1, 0.15) is 5.82 Å². The van der Waals surface area contributed by atoms with Crippen LogP contribution in [0.15, 0.2) is 61.2 Å². The van der Waals surface area contributed by atoms with Crippen LogP contribution in [-0.2, 0) is 0 Å². The van der Waals surface area contributed by atoms with Gasteiger partial charge in [0.2, 0.25) is 5.78 Å². The van der Waals surface area contributed by atoms with Crippen molar-refractivity contribution in [2.24, 2.45) is 0 Å². The highest BCUT2D eigenvalue weighted by molar-refractivity contribution is 5.64. The van der Waals surface area contributed by atoms with Gasteiger partial charge in [0.15, 0.2) is 0 Å². The molecule has 0 radical (unpaired) electrons. The minimum absolute atomic E-state index is 0.657. The topological polar surface area (TPSA) is 68.0 Å². The van der Waals surface area contributed by atoms with Gasteiger partial charge in [-0.2, -0.15) is 4.98 Å². The molecular weight excluding hydrogens is 288 g/mol. The second-order valence-electron chi connectivity index (χ2n) is 5.17. The highest BCUT2D eigenvalue weighted by atomic mass is 15.1. The van der Waals surface area contributed by atoms with Crippen LogP contribution in [0.5, 0.6) is 0 Å². The SMILES string of the molecule is Cc1cccc(-c2cc(Nc3ccn4ccnc4n3)ccn2)n1. The van der Waals surface area contributed by atoms with Crippen LogP contribution in [0.25, 0.3) is 17.2 Å². The molecule has 0 saturated carbocycles. The van der Waals surface area contributed by atoms with Crippen LogP contribution in [0, 0.1) is 6.92 Å². The van der Waals surface area contributed by atoms with E-state index in [1.165, 1.54) is 0 Å². The molecule has 112 valence electrons. The molecule has 4 aromatic rings. The Morgan fingerprint density at radius 1 is 0.913 bits per heavy atom. The maximum atomic E-state index is 4.51. The van der Waals surface area contributed by atoms with Crippen molar-refractivity contribution in [2.45, 2.75) is 6.92 Å². The van der Waals surface area contributed by atoms with Crippen LogP contribution >= 0.6 is 0 Å². The summed E-state index contributed by atoms with van der Waals surface area (Å²) in [6.45, 7) is 1.97. The van der Waals surface area contributed by atoms with Gasteiger partial charge in [-0.15, -0.1) is 0 Å². The maximum absolute atomic E-state index is 4.51. The monoisotopic (exact) mass is 302 g/mol. The van der Waals surface area contributed by atoms with Crippen LogP contribution in [0.1, 0.15) is 5.69 Å². The Morgan fingerprint density at radius 3 is 2.78 bits per heavy atom. The Balaban J connectivity index is 1.65. The lowest BCUT2D eigenvalue weighted by Crippen LogP contribution is -1.97. The molecule has 0 aromatic carbocycles. The molecule has 0 atom stereocenters. The lowest BCUT2D eigenvalue weighted by molar-refractivity contribution is 1.11. The normalized spacial score (nSPS) is 10.8. The number of anilines is 2. The summed E-state index contributed by atoms with van der Waals surface area (Å²) in [6.07, 6.45) is 7.26. The first-order chi connectivity index (χ1) is 11.3. The van der Waals surface area contributed by atoms with Crippen molar-refractivity contribution in [3.8, 4) is 11.4 Å². The Bertz CT molecular complexity index is 975. The highest BCUT2D eigenvalue weighted by Crippen LogP contribution is 2.21. The Morgan fingerprint density at radius 2 is 1.87 bits per heavy atom. The van der Waals surface area contributed by atoms with Crippen molar-refractivity contribution in [2.75, 3.05) is 5.32 Å². The first kappa shape index (κ1) is 13.4. The van der Waals surface area contributed by atoms with Crippen LogP contribution < -0.4 is 5.32 Å². The summed E-state index contributed by atoms with van der Waals surface area (Å²) in [5.74, 6) is 1.39. The number of pyridine rings is 2. The summed E-state index contributed by atoms with van der Waals surface area (Å²) in [5, 5.41) is 3.28. The zero-order valence-electron chi connectivity index (χ0n) is 12.5. The van der Waals surface area contributed by atoms with Gasteiger partial charge in [-0.25, -0.2) is 4.98 Å². The molecule has 0 aliphatic carbocycles. The minimum atomic E-state index is 0.657. The molecule has 6 heteroatoms. The number of nitrogens with one attached hydrogen (secondary N) is 1. The molecule has 0 aliphatic heterocycles. The lowest BCUT2D eigenvalue weighted by Gasteiger charge is -2.07. The molecule has 6 nitrogen and oxygen atoms in total. The van der Waals surface area contributed by atoms with E-state index in [1.807, 2.05) is 60.1 Å². The molecule has 0 amide bonds. The minimum Gasteiger partial charge on any atom is -0.340 e. The van der Waals surface area contributed by atoms with Gasteiger partial charge in [0.05, 0.1) is 11.4 Å². The molecule has 0 saturated heterocycles. The van der Waals surface area contributed by atoms with E-state index in [0.29, 0.717) is 5.78 Å². The molecule has 4 rings (SSSR count). The number of hydrogen-bond donors (Lipinski definition) is 1. The highest BCUT2D eigenvalue weighted by Gasteiger charge is 2.04. The molecule has 4 heterocycles. The van der Waals surface area contributed by atoms with E-state index in [4.69, 9.17) is 0 Å². The third-order valence-corrected chi connectivity index (χ3v) is 3.44. The summed E-state index contributed by atoms with van der Waals surface area (Å²) in [7, 11) is 0. The number of nitrogens with zero attached hydrogens (tertiary/aromatic N) is 5. The lowest BCUT2D eigenvalue weighted by atomic mass is 10.2. The van der Waals surface area contributed by atoms with Gasteiger partial charge in [-0.3, -0.25) is 14.4 Å². The van der Waals surface area contributed by atoms with E-state index in [2.05, 4.69) is 25.3 Å². The van der Waals surface area contributed by atoms with E-state index in [0.717, 1.165) is 28.6 Å². The Kier molecular flexibility index (Phi) is 3.20. The molecule has 1 N–H and O–H groups in total. The maximum Gasteiger partial charge on any atom is 0.235 e. The van der Waals surface area contributed by atoms with Crippen molar-refractivity contribution >= 4 is 17.3 Å². The Labute approximate surface area is 132 Å². The van der Waals surface area contributed by atoms with Crippen molar-refractivity contribution in [3.05, 3.63) is 66.9 Å². The number of hydrogen-bond acceptors (Lipinski definition) is 5. The van der Waals surface area contributed by atoms with Crippen molar-refractivity contribution in [3.63, 3.8) is 0 Å². The van der Waals surface area contributed by atoms with E-state index < -0.39 is 0 Å². The smallest absolute Gasteiger partial charge is 0.235 e. The summed E-state index contributed by atoms with van der Waals surface area (Å²) < 4.78 is 1.86. The van der Waals surface area contributed by atoms with E-state index in [-0.39, 0.29) is 0 Å². The summed E-state index contributed by atoms with van der Waals surface area (Å²) in [4.78, 5) is 17.5. The second kappa shape index (κ2) is 5.49. The zero-order chi connectivity index (χ0) is 15.6. The van der Waals surface area contributed by atoms with Crippen LogP contribution in [0.4, 0.5) is 11.5 Å². The van der Waals surface area contributed by atoms with Gasteiger partial charge >= 0.3 is 0 Å². The molecule has 4 aromatic heterocycles. The summed E-state index contributed by atoms with van der Waals surface area (Å²) >= 11 is 0. The molecule has 0 aliphatic rings.